The average molecular weight is 468 g/mol. The number of Topliss-reactive ketones (excluding diaryl/α,β-unsaturated/α-hetero) is 1. The normalized spacial score (nSPS) is 18.8. The minimum Gasteiger partial charge on any atom is -0.352 e. The maximum Gasteiger partial charge on any atom is 0.261 e. The molecule has 1 heterocycles. The zero-order valence-electron chi connectivity index (χ0n) is 18.9. The topological polar surface area (TPSA) is 105 Å². The number of hydrogen-bond donors (Lipinski definition) is 2. The van der Waals surface area contributed by atoms with Crippen molar-refractivity contribution in [2.45, 2.75) is 62.8 Å². The first-order chi connectivity index (χ1) is 15.7. The van der Waals surface area contributed by atoms with Crippen LogP contribution in [0.3, 0.4) is 0 Å². The van der Waals surface area contributed by atoms with Crippen LogP contribution in [-0.4, -0.2) is 32.4 Å². The van der Waals surface area contributed by atoms with Gasteiger partial charge in [0.15, 0.2) is 5.78 Å². The highest BCUT2D eigenvalue weighted by Crippen LogP contribution is 2.30. The van der Waals surface area contributed by atoms with Crippen LogP contribution < -0.4 is 10.0 Å². The van der Waals surface area contributed by atoms with Crippen LogP contribution in [0.15, 0.2) is 52.4 Å². The number of ketones is 1. The summed E-state index contributed by atoms with van der Waals surface area (Å²) in [4.78, 5) is 30.0. The van der Waals surface area contributed by atoms with Gasteiger partial charge in [0.25, 0.3) is 10.0 Å². The third kappa shape index (κ3) is 5.16. The van der Waals surface area contributed by atoms with Crippen LogP contribution in [0.5, 0.6) is 0 Å². The molecule has 33 heavy (non-hydrogen) atoms. The molecule has 2 aromatic rings. The second kappa shape index (κ2) is 9.47. The third-order valence-corrected chi connectivity index (χ3v) is 7.63. The lowest BCUT2D eigenvalue weighted by molar-refractivity contribution is -0.122. The van der Waals surface area contributed by atoms with Gasteiger partial charge in [-0.1, -0.05) is 45.2 Å². The number of aliphatic imine (C=N–C) groups is 1. The number of carbonyl (C=O) groups is 2. The van der Waals surface area contributed by atoms with E-state index in [-0.39, 0.29) is 22.4 Å². The molecule has 1 aliphatic carbocycles. The van der Waals surface area contributed by atoms with Gasteiger partial charge >= 0.3 is 0 Å². The average Bonchev–Trinajstić information content (AvgIpc) is 2.80. The molecule has 1 atom stereocenters. The van der Waals surface area contributed by atoms with Gasteiger partial charge in [-0.15, -0.1) is 0 Å². The Hall–Kier alpha value is -3.00. The summed E-state index contributed by atoms with van der Waals surface area (Å²) in [5, 5.41) is 2.96. The van der Waals surface area contributed by atoms with Gasteiger partial charge in [0.1, 0.15) is 5.92 Å². The van der Waals surface area contributed by atoms with Gasteiger partial charge in [-0.05, 0) is 54.7 Å². The predicted molar refractivity (Wildman–Crippen MR) is 129 cm³/mol. The monoisotopic (exact) mass is 467 g/mol. The highest BCUT2D eigenvalue weighted by atomic mass is 32.2. The van der Waals surface area contributed by atoms with Gasteiger partial charge in [-0.2, -0.15) is 0 Å². The molecule has 2 aliphatic rings. The molecule has 0 spiro atoms. The molecular weight excluding hydrogens is 438 g/mol. The van der Waals surface area contributed by atoms with E-state index < -0.39 is 21.7 Å². The van der Waals surface area contributed by atoms with Crippen molar-refractivity contribution in [3.63, 3.8) is 0 Å². The first kappa shape index (κ1) is 23.2. The van der Waals surface area contributed by atoms with Gasteiger partial charge in [-0.25, -0.2) is 8.42 Å². The molecule has 1 aliphatic heterocycles. The van der Waals surface area contributed by atoms with E-state index in [2.05, 4.69) is 28.9 Å². The van der Waals surface area contributed by atoms with E-state index in [0.29, 0.717) is 17.3 Å². The molecule has 7 nitrogen and oxygen atoms in total. The second-order valence-electron chi connectivity index (χ2n) is 9.02. The van der Waals surface area contributed by atoms with Gasteiger partial charge in [-0.3, -0.25) is 19.3 Å². The van der Waals surface area contributed by atoms with Crippen molar-refractivity contribution in [2.24, 2.45) is 10.9 Å². The van der Waals surface area contributed by atoms with Crippen molar-refractivity contribution in [3.05, 3.63) is 53.6 Å². The van der Waals surface area contributed by atoms with Gasteiger partial charge in [0.05, 0.1) is 10.6 Å². The highest BCUT2D eigenvalue weighted by Gasteiger charge is 2.33. The standard InChI is InChI=1S/C25H29N3O4S/c1-16(2)17-8-10-19(11-9-17)28-33(31,32)20-12-13-23-21(14-20)24(29)22(15-26-23)25(30)27-18-6-4-3-5-7-18/h8-16,18,22,28H,3-7H2,1-2H3,(H,27,30). The maximum atomic E-state index is 13.1. The van der Waals surface area contributed by atoms with Crippen molar-refractivity contribution in [2.75, 3.05) is 4.72 Å². The highest BCUT2D eigenvalue weighted by molar-refractivity contribution is 7.92. The van der Waals surface area contributed by atoms with E-state index in [4.69, 9.17) is 0 Å². The summed E-state index contributed by atoms with van der Waals surface area (Å²) in [6.45, 7) is 4.13. The molecule has 2 N–H and O–H groups in total. The summed E-state index contributed by atoms with van der Waals surface area (Å²) < 4.78 is 28.5. The quantitative estimate of drug-likeness (QED) is 0.607. The number of nitrogens with zero attached hydrogens (tertiary/aromatic N) is 1. The van der Waals surface area contributed by atoms with Gasteiger partial charge in [0, 0.05) is 23.5 Å². The van der Waals surface area contributed by atoms with E-state index >= 15 is 0 Å². The van der Waals surface area contributed by atoms with Gasteiger partial charge < -0.3 is 5.32 Å². The van der Waals surface area contributed by atoms with Crippen LogP contribution in [0.2, 0.25) is 0 Å². The Morgan fingerprint density at radius 3 is 2.39 bits per heavy atom. The molecule has 1 unspecified atom stereocenters. The minimum absolute atomic E-state index is 0.0499. The molecule has 4 rings (SSSR count). The number of fused-ring (bicyclic) bond motifs is 1. The van der Waals surface area contributed by atoms with E-state index in [0.717, 1.165) is 37.7 Å². The Bertz CT molecular complexity index is 1180. The van der Waals surface area contributed by atoms with Gasteiger partial charge in [0.2, 0.25) is 5.91 Å². The Balaban J connectivity index is 1.52. The van der Waals surface area contributed by atoms with E-state index in [1.165, 1.54) is 24.4 Å². The van der Waals surface area contributed by atoms with Crippen LogP contribution >= 0.6 is 0 Å². The van der Waals surface area contributed by atoms with E-state index in [1.807, 2.05) is 12.1 Å². The number of carbonyl (C=O) groups excluding carboxylic acids is 2. The number of nitrogens with one attached hydrogen (secondary N) is 2. The fourth-order valence-electron chi connectivity index (χ4n) is 4.26. The molecular formula is C25H29N3O4S. The summed E-state index contributed by atoms with van der Waals surface area (Å²) in [6, 6.07) is 11.5. The third-order valence-electron chi connectivity index (χ3n) is 6.25. The van der Waals surface area contributed by atoms with Crippen molar-refractivity contribution >= 4 is 39.3 Å². The maximum absolute atomic E-state index is 13.1. The number of rotatable bonds is 6. The van der Waals surface area contributed by atoms with Crippen LogP contribution in [0, 0.1) is 5.92 Å². The molecule has 1 saturated carbocycles. The molecule has 2 aromatic carbocycles. The lowest BCUT2D eigenvalue weighted by Gasteiger charge is -2.25. The Labute approximate surface area is 194 Å². The summed E-state index contributed by atoms with van der Waals surface area (Å²) in [5.41, 5.74) is 2.04. The second-order valence-corrected chi connectivity index (χ2v) is 10.7. The molecule has 1 amide bonds. The largest absolute Gasteiger partial charge is 0.352 e. The summed E-state index contributed by atoms with van der Waals surface area (Å²) in [6.07, 6.45) is 6.46. The number of hydrogen-bond acceptors (Lipinski definition) is 5. The molecule has 174 valence electrons. The van der Waals surface area contributed by atoms with Crippen molar-refractivity contribution in [3.8, 4) is 0 Å². The summed E-state index contributed by atoms with van der Waals surface area (Å²) >= 11 is 0. The molecule has 0 aromatic heterocycles. The number of amides is 1. The van der Waals surface area contributed by atoms with Crippen molar-refractivity contribution < 1.29 is 18.0 Å². The molecule has 0 saturated heterocycles. The van der Waals surface area contributed by atoms with Crippen LogP contribution in [0.1, 0.15) is 67.8 Å². The summed E-state index contributed by atoms with van der Waals surface area (Å²) in [5.74, 6) is -1.52. The first-order valence-corrected chi connectivity index (χ1v) is 12.9. The van der Waals surface area contributed by atoms with E-state index in [1.54, 1.807) is 12.1 Å². The fraction of sp³-hybridized carbons (Fsp3) is 0.400. The lowest BCUT2D eigenvalue weighted by atomic mass is 9.91. The number of sulfonamides is 1. The van der Waals surface area contributed by atoms with Crippen molar-refractivity contribution in [1.29, 1.82) is 0 Å². The van der Waals surface area contributed by atoms with Crippen LogP contribution in [0.25, 0.3) is 0 Å². The molecule has 8 heteroatoms. The van der Waals surface area contributed by atoms with Crippen molar-refractivity contribution in [1.82, 2.24) is 5.32 Å². The minimum atomic E-state index is -3.92. The number of anilines is 1. The molecule has 0 radical (unpaired) electrons. The zero-order chi connectivity index (χ0) is 23.6. The molecule has 0 bridgehead atoms. The smallest absolute Gasteiger partial charge is 0.261 e. The summed E-state index contributed by atoms with van der Waals surface area (Å²) in [7, 11) is -3.92. The SMILES string of the molecule is CC(C)c1ccc(NS(=O)(=O)c2ccc3c(c2)C(=O)C(C(=O)NC2CCCCC2)C=N3)cc1. The lowest BCUT2D eigenvalue weighted by Crippen LogP contribution is -2.43. The first-order valence-electron chi connectivity index (χ1n) is 11.4. The van der Waals surface area contributed by atoms with Crippen LogP contribution in [-0.2, 0) is 14.8 Å². The molecule has 1 fully saturated rings. The Morgan fingerprint density at radius 1 is 1.03 bits per heavy atom. The Kier molecular flexibility index (Phi) is 6.65. The predicted octanol–water partition coefficient (Wildman–Crippen LogP) is 4.57. The Morgan fingerprint density at radius 2 is 1.73 bits per heavy atom. The van der Waals surface area contributed by atoms with Crippen LogP contribution in [0.4, 0.5) is 11.4 Å². The fourth-order valence-corrected chi connectivity index (χ4v) is 5.34. The van der Waals surface area contributed by atoms with E-state index in [9.17, 15) is 18.0 Å². The zero-order valence-corrected chi connectivity index (χ0v) is 19.7. The number of benzene rings is 2.